The van der Waals surface area contributed by atoms with E-state index >= 15 is 0 Å². The first-order valence-electron chi connectivity index (χ1n) is 12.5. The average molecular weight is 473 g/mol. The Morgan fingerprint density at radius 1 is 1.12 bits per heavy atom. The van der Waals surface area contributed by atoms with Crippen LogP contribution in [0.2, 0.25) is 0 Å². The molecule has 0 saturated heterocycles. The molecule has 3 saturated carbocycles. The topological polar surface area (TPSA) is 107 Å². The standard InChI is InChI=1S/C27H36O7/c1-16(29)33-15-24(31)22-5-4-20-19-12-17(14-34-25(32)8-11-28)23-13-18(30)6-9-27(23,3)21(19)7-10-26(20,22)2/h6,9,13,17,19-22,28H,4-5,7-8,10-12,14-15H2,1-3H3/t17-,19+,20+,21+,22-,26+,27-/m1/s1. The zero-order valence-electron chi connectivity index (χ0n) is 20.4. The van der Waals surface area contributed by atoms with E-state index in [-0.39, 0.29) is 60.5 Å². The van der Waals surface area contributed by atoms with E-state index in [0.29, 0.717) is 17.8 Å². The molecule has 0 bridgehead atoms. The maximum absolute atomic E-state index is 13.0. The highest BCUT2D eigenvalue weighted by molar-refractivity contribution is 6.01. The second kappa shape index (κ2) is 9.40. The van der Waals surface area contributed by atoms with Crippen LogP contribution in [0.15, 0.2) is 23.8 Å². The molecule has 7 atom stereocenters. The lowest BCUT2D eigenvalue weighted by atomic mass is 9.46. The molecular weight excluding hydrogens is 436 g/mol. The number of Topliss-reactive ketones (excluding diaryl/α,β-unsaturated/α-hetero) is 1. The second-order valence-electron chi connectivity index (χ2n) is 11.0. The molecule has 0 amide bonds. The van der Waals surface area contributed by atoms with E-state index in [0.717, 1.165) is 37.7 Å². The second-order valence-corrected chi connectivity index (χ2v) is 11.0. The molecule has 0 radical (unpaired) electrons. The molecule has 0 heterocycles. The van der Waals surface area contributed by atoms with Gasteiger partial charge in [-0.2, -0.15) is 0 Å². The van der Waals surface area contributed by atoms with Crippen molar-refractivity contribution in [2.75, 3.05) is 19.8 Å². The predicted molar refractivity (Wildman–Crippen MR) is 123 cm³/mol. The smallest absolute Gasteiger partial charge is 0.308 e. The van der Waals surface area contributed by atoms with Crippen LogP contribution in [-0.2, 0) is 28.7 Å². The zero-order chi connectivity index (χ0) is 24.7. The fraction of sp³-hybridized carbons (Fsp3) is 0.704. The summed E-state index contributed by atoms with van der Waals surface area (Å²) in [6, 6.07) is 0. The Morgan fingerprint density at radius 2 is 1.88 bits per heavy atom. The van der Waals surface area contributed by atoms with Gasteiger partial charge in [0.15, 0.2) is 11.6 Å². The predicted octanol–water partition coefficient (Wildman–Crippen LogP) is 3.19. The first-order chi connectivity index (χ1) is 16.1. The van der Waals surface area contributed by atoms with Crippen LogP contribution < -0.4 is 0 Å². The Kier molecular flexibility index (Phi) is 6.87. The molecule has 0 aromatic carbocycles. The van der Waals surface area contributed by atoms with Crippen LogP contribution in [0.25, 0.3) is 0 Å². The molecule has 7 nitrogen and oxygen atoms in total. The van der Waals surface area contributed by atoms with Crippen molar-refractivity contribution < 1.29 is 33.8 Å². The highest BCUT2D eigenvalue weighted by atomic mass is 16.5. The molecule has 0 unspecified atom stereocenters. The first kappa shape index (κ1) is 24.8. The molecule has 1 N–H and O–H groups in total. The van der Waals surface area contributed by atoms with Gasteiger partial charge in [-0.05, 0) is 73.0 Å². The number of aliphatic hydroxyl groups excluding tert-OH is 1. The summed E-state index contributed by atoms with van der Waals surface area (Å²) in [4.78, 5) is 48.5. The summed E-state index contributed by atoms with van der Waals surface area (Å²) < 4.78 is 10.5. The van der Waals surface area contributed by atoms with Gasteiger partial charge in [-0.15, -0.1) is 0 Å². The molecule has 0 aromatic heterocycles. The fourth-order valence-electron chi connectivity index (χ4n) is 7.74. The van der Waals surface area contributed by atoms with Crippen molar-refractivity contribution in [3.05, 3.63) is 23.8 Å². The van der Waals surface area contributed by atoms with E-state index in [1.807, 2.05) is 6.08 Å². The number of ketones is 2. The number of carbonyl (C=O) groups is 4. The molecular formula is C27H36O7. The summed E-state index contributed by atoms with van der Waals surface area (Å²) in [6.07, 6.45) is 9.84. The van der Waals surface area contributed by atoms with Crippen LogP contribution in [0.5, 0.6) is 0 Å². The van der Waals surface area contributed by atoms with E-state index in [2.05, 4.69) is 13.8 Å². The lowest BCUT2D eigenvalue weighted by Gasteiger charge is -2.58. The van der Waals surface area contributed by atoms with Crippen molar-refractivity contribution in [3.8, 4) is 0 Å². The summed E-state index contributed by atoms with van der Waals surface area (Å²) in [5, 5.41) is 9.04. The van der Waals surface area contributed by atoms with Crippen LogP contribution in [0.3, 0.4) is 0 Å². The molecule has 0 spiro atoms. The van der Waals surface area contributed by atoms with Crippen molar-refractivity contribution in [1.82, 2.24) is 0 Å². The number of hydrogen-bond acceptors (Lipinski definition) is 7. The van der Waals surface area contributed by atoms with Gasteiger partial charge in [0.25, 0.3) is 0 Å². The Hall–Kier alpha value is -2.28. The van der Waals surface area contributed by atoms with Crippen LogP contribution >= 0.6 is 0 Å². The molecule has 4 aliphatic carbocycles. The van der Waals surface area contributed by atoms with Crippen LogP contribution in [-0.4, -0.2) is 48.4 Å². The summed E-state index contributed by atoms with van der Waals surface area (Å²) in [5.41, 5.74) is 0.607. The Morgan fingerprint density at radius 3 is 2.59 bits per heavy atom. The van der Waals surface area contributed by atoms with Gasteiger partial charge in [0.2, 0.25) is 0 Å². The van der Waals surface area contributed by atoms with Crippen LogP contribution in [0.4, 0.5) is 0 Å². The number of fused-ring (bicyclic) bond motifs is 5. The van der Waals surface area contributed by atoms with Gasteiger partial charge in [0.05, 0.1) is 19.6 Å². The van der Waals surface area contributed by atoms with E-state index in [1.54, 1.807) is 12.2 Å². The van der Waals surface area contributed by atoms with Crippen molar-refractivity contribution in [3.63, 3.8) is 0 Å². The van der Waals surface area contributed by atoms with Crippen molar-refractivity contribution in [1.29, 1.82) is 0 Å². The van der Waals surface area contributed by atoms with Gasteiger partial charge < -0.3 is 14.6 Å². The van der Waals surface area contributed by atoms with Gasteiger partial charge >= 0.3 is 11.9 Å². The number of hydrogen-bond donors (Lipinski definition) is 1. The Balaban J connectivity index is 1.59. The van der Waals surface area contributed by atoms with E-state index in [9.17, 15) is 19.2 Å². The van der Waals surface area contributed by atoms with Gasteiger partial charge in [0.1, 0.15) is 6.61 Å². The van der Waals surface area contributed by atoms with Gasteiger partial charge in [0, 0.05) is 24.2 Å². The van der Waals surface area contributed by atoms with Crippen molar-refractivity contribution >= 4 is 23.5 Å². The third-order valence-electron chi connectivity index (χ3n) is 9.29. The van der Waals surface area contributed by atoms with E-state index in [4.69, 9.17) is 14.6 Å². The monoisotopic (exact) mass is 472 g/mol. The number of carbonyl (C=O) groups excluding carboxylic acids is 4. The average Bonchev–Trinajstić information content (AvgIpc) is 3.14. The lowest BCUT2D eigenvalue weighted by molar-refractivity contribution is -0.149. The van der Waals surface area contributed by atoms with Crippen LogP contribution in [0, 0.1) is 40.4 Å². The summed E-state index contributed by atoms with van der Waals surface area (Å²) in [5.74, 6) is -0.0391. The number of allylic oxidation sites excluding steroid dienone is 3. The van der Waals surface area contributed by atoms with Crippen molar-refractivity contribution in [2.24, 2.45) is 40.4 Å². The largest absolute Gasteiger partial charge is 0.465 e. The highest BCUT2D eigenvalue weighted by Crippen LogP contribution is 2.66. The minimum atomic E-state index is -0.437. The minimum Gasteiger partial charge on any atom is -0.465 e. The van der Waals surface area contributed by atoms with E-state index in [1.165, 1.54) is 6.92 Å². The molecule has 3 fully saturated rings. The quantitative estimate of drug-likeness (QED) is 0.567. The third-order valence-corrected chi connectivity index (χ3v) is 9.29. The summed E-state index contributed by atoms with van der Waals surface area (Å²) in [7, 11) is 0. The SMILES string of the molecule is CC(=O)OCC(=O)[C@H]1CC[C@H]2[C@@H]3C[C@H](COC(=O)CCO)C4=CC(=O)C=C[C@]4(C)[C@H]3CC[C@]12C. The molecule has 34 heavy (non-hydrogen) atoms. The number of ether oxygens (including phenoxy) is 2. The summed E-state index contributed by atoms with van der Waals surface area (Å²) >= 11 is 0. The molecule has 7 heteroatoms. The maximum atomic E-state index is 13.0. The summed E-state index contributed by atoms with van der Waals surface area (Å²) in [6.45, 7) is 5.53. The number of aliphatic hydroxyl groups is 1. The van der Waals surface area contributed by atoms with Crippen LogP contribution in [0.1, 0.15) is 59.3 Å². The van der Waals surface area contributed by atoms with Gasteiger partial charge in [-0.1, -0.05) is 19.9 Å². The van der Waals surface area contributed by atoms with E-state index < -0.39 is 11.9 Å². The van der Waals surface area contributed by atoms with Gasteiger partial charge in [-0.25, -0.2) is 0 Å². The van der Waals surface area contributed by atoms with Gasteiger partial charge in [-0.3, -0.25) is 19.2 Å². The Bertz CT molecular complexity index is 933. The molecule has 4 aliphatic rings. The number of esters is 2. The maximum Gasteiger partial charge on any atom is 0.308 e. The third kappa shape index (κ3) is 4.28. The molecule has 4 rings (SSSR count). The first-order valence-corrected chi connectivity index (χ1v) is 12.5. The number of rotatable bonds is 7. The normalized spacial score (nSPS) is 38.3. The minimum absolute atomic E-state index is 0.0129. The molecule has 0 aliphatic heterocycles. The zero-order valence-corrected chi connectivity index (χ0v) is 20.4. The molecule has 186 valence electrons. The lowest BCUT2D eigenvalue weighted by Crippen LogP contribution is -2.53. The Labute approximate surface area is 200 Å². The fourth-order valence-corrected chi connectivity index (χ4v) is 7.74. The van der Waals surface area contributed by atoms with Crippen molar-refractivity contribution in [2.45, 2.75) is 59.3 Å². The molecule has 0 aromatic rings. The highest BCUT2D eigenvalue weighted by Gasteiger charge is 2.61.